The second kappa shape index (κ2) is 10.4. The minimum Gasteiger partial charge on any atom is -0.461 e. The number of benzene rings is 2. The highest BCUT2D eigenvalue weighted by Crippen LogP contribution is 2.43. The third-order valence-corrected chi connectivity index (χ3v) is 11.0. The van der Waals surface area contributed by atoms with Gasteiger partial charge in [-0.25, -0.2) is 4.39 Å². The first-order valence-electron chi connectivity index (χ1n) is 16.1. The van der Waals surface area contributed by atoms with E-state index < -0.39 is 12.3 Å². The number of aromatic nitrogens is 2. The van der Waals surface area contributed by atoms with Gasteiger partial charge in [0.15, 0.2) is 0 Å². The van der Waals surface area contributed by atoms with Crippen LogP contribution in [0.3, 0.4) is 0 Å². The predicted molar refractivity (Wildman–Crippen MR) is 162 cm³/mol. The van der Waals surface area contributed by atoms with Gasteiger partial charge in [-0.2, -0.15) is 9.97 Å². The maximum atomic E-state index is 14.5. The number of aliphatic hydroxyl groups is 1. The molecule has 2 bridgehead atoms. The molecule has 1 aromatic heterocycles. The third-order valence-electron chi connectivity index (χ3n) is 11.0. The Balaban J connectivity index is 1.16. The van der Waals surface area contributed by atoms with Gasteiger partial charge in [0.05, 0.1) is 29.6 Å². The molecule has 2 N–H and O–H groups in total. The third kappa shape index (κ3) is 4.40. The van der Waals surface area contributed by atoms with Gasteiger partial charge in [0.25, 0.3) is 0 Å². The lowest BCUT2D eigenvalue weighted by Gasteiger charge is -2.37. The Morgan fingerprint density at radius 1 is 1.14 bits per heavy atom. The molecule has 2 aromatic carbocycles. The van der Waals surface area contributed by atoms with Crippen molar-refractivity contribution >= 4 is 16.5 Å². The van der Waals surface area contributed by atoms with Crippen LogP contribution in [0.4, 0.5) is 10.1 Å². The van der Waals surface area contributed by atoms with Gasteiger partial charge in [0.1, 0.15) is 12.8 Å². The molecule has 4 saturated heterocycles. The second-order valence-electron chi connectivity index (χ2n) is 13.4. The van der Waals surface area contributed by atoms with E-state index in [-0.39, 0.29) is 17.5 Å². The van der Waals surface area contributed by atoms with E-state index in [4.69, 9.17) is 14.7 Å². The zero-order valence-corrected chi connectivity index (χ0v) is 24.6. The summed E-state index contributed by atoms with van der Waals surface area (Å²) in [5.41, 5.74) is 5.52. The Kier molecular flexibility index (Phi) is 6.65. The fraction of sp³-hybridized carbons (Fsp3) is 0.588. The van der Waals surface area contributed by atoms with E-state index >= 15 is 0 Å². The van der Waals surface area contributed by atoms with Crippen molar-refractivity contribution in [1.29, 1.82) is 0 Å². The molecular formula is C34H42FN5O2. The summed E-state index contributed by atoms with van der Waals surface area (Å²) in [5, 5.41) is 17.6. The molecule has 1 unspecified atom stereocenters. The highest BCUT2D eigenvalue weighted by Gasteiger charge is 2.49. The highest BCUT2D eigenvalue weighted by molar-refractivity contribution is 5.97. The number of aryl methyl sites for hydroxylation is 1. The average Bonchev–Trinajstić information content (AvgIpc) is 3.69. The van der Waals surface area contributed by atoms with Crippen molar-refractivity contribution in [2.75, 3.05) is 31.1 Å². The molecule has 5 aliphatic heterocycles. The van der Waals surface area contributed by atoms with Crippen LogP contribution < -0.4 is 15.0 Å². The van der Waals surface area contributed by atoms with Crippen molar-refractivity contribution in [3.05, 3.63) is 58.9 Å². The summed E-state index contributed by atoms with van der Waals surface area (Å²) in [6, 6.07) is 14.1. The summed E-state index contributed by atoms with van der Waals surface area (Å²) in [7, 11) is 0. The predicted octanol–water partition coefficient (Wildman–Crippen LogP) is 4.68. The van der Waals surface area contributed by atoms with E-state index in [1.807, 2.05) is 0 Å². The van der Waals surface area contributed by atoms with Gasteiger partial charge in [-0.1, -0.05) is 37.3 Å². The number of aliphatic hydroxyl groups excluding tert-OH is 1. The van der Waals surface area contributed by atoms with Crippen LogP contribution in [0, 0.1) is 0 Å². The molecule has 0 saturated carbocycles. The van der Waals surface area contributed by atoms with E-state index in [9.17, 15) is 9.50 Å². The molecule has 3 aromatic rings. The molecule has 5 aliphatic rings. The molecule has 0 spiro atoms. The van der Waals surface area contributed by atoms with Crippen LogP contribution in [0.15, 0.2) is 36.4 Å². The number of piperidine rings is 1. The smallest absolute Gasteiger partial charge is 0.316 e. The molecular weight excluding hydrogens is 529 g/mol. The number of hydrogen-bond donors (Lipinski definition) is 2. The van der Waals surface area contributed by atoms with E-state index in [2.05, 4.69) is 58.4 Å². The molecule has 7 nitrogen and oxygen atoms in total. The first-order chi connectivity index (χ1) is 20.5. The fourth-order valence-electron chi connectivity index (χ4n) is 8.92. The van der Waals surface area contributed by atoms with Crippen molar-refractivity contribution in [2.45, 2.75) is 101 Å². The monoisotopic (exact) mass is 571 g/mol. The minimum absolute atomic E-state index is 0.0264. The lowest BCUT2D eigenvalue weighted by atomic mass is 9.83. The van der Waals surface area contributed by atoms with Gasteiger partial charge in [-0.05, 0) is 74.1 Å². The maximum Gasteiger partial charge on any atom is 0.316 e. The molecule has 4 fully saturated rings. The Bertz CT molecular complexity index is 1500. The maximum absolute atomic E-state index is 14.5. The summed E-state index contributed by atoms with van der Waals surface area (Å²) in [4.78, 5) is 14.9. The van der Waals surface area contributed by atoms with Crippen molar-refractivity contribution in [3.63, 3.8) is 0 Å². The number of alkyl halides is 1. The van der Waals surface area contributed by atoms with Crippen LogP contribution in [0.2, 0.25) is 0 Å². The lowest BCUT2D eigenvalue weighted by Crippen LogP contribution is -2.48. The molecule has 8 heteroatoms. The number of nitrogens with zero attached hydrogens (tertiary/aromatic N) is 4. The van der Waals surface area contributed by atoms with E-state index in [0.29, 0.717) is 38.2 Å². The molecule has 6 atom stereocenters. The number of nitrogens with one attached hydrogen (secondary N) is 1. The SMILES string of the molecule is CCc1cccc2cccc(N3CCc4c(nc(OC[C@@]56CCCN5C[C@H](F)C6)nc4[C@H]4C[C@H]5CC[C@H](N5)C4O)C3)c12. The van der Waals surface area contributed by atoms with Crippen LogP contribution in [-0.4, -0.2) is 76.1 Å². The van der Waals surface area contributed by atoms with Gasteiger partial charge >= 0.3 is 6.01 Å². The standard InChI is InChI=1S/C34H42FN5O2/c1-2-21-6-3-7-22-8-4-9-29(30(21)22)39-15-12-25-28(19-39)37-33(42-20-34-13-5-14-40(34)18-23(35)17-34)38-31(25)26-16-24-10-11-27(36-24)32(26)41/h3-4,6-9,23-24,26-27,32,36,41H,2,5,10-20H2,1H3/t23-,24-,26-,27+,32?,34+/m1/s1. The number of anilines is 1. The van der Waals surface area contributed by atoms with Crippen LogP contribution in [-0.2, 0) is 19.4 Å². The zero-order chi connectivity index (χ0) is 28.4. The first kappa shape index (κ1) is 26.8. The number of ether oxygens (including phenoxy) is 1. The summed E-state index contributed by atoms with van der Waals surface area (Å²) in [6.07, 6.45) is 6.11. The van der Waals surface area contributed by atoms with Crippen LogP contribution >= 0.6 is 0 Å². The highest BCUT2D eigenvalue weighted by atomic mass is 19.1. The summed E-state index contributed by atoms with van der Waals surface area (Å²) >= 11 is 0. The van der Waals surface area contributed by atoms with E-state index in [1.54, 1.807) is 0 Å². The molecule has 42 heavy (non-hydrogen) atoms. The van der Waals surface area contributed by atoms with Crippen molar-refractivity contribution in [2.24, 2.45) is 0 Å². The number of fused-ring (bicyclic) bond motifs is 5. The number of halogens is 1. The summed E-state index contributed by atoms with van der Waals surface area (Å²) in [5.74, 6) is -0.0264. The topological polar surface area (TPSA) is 73.8 Å². The van der Waals surface area contributed by atoms with Gasteiger partial charge in [0, 0.05) is 48.6 Å². The van der Waals surface area contributed by atoms with E-state index in [1.165, 1.54) is 27.6 Å². The summed E-state index contributed by atoms with van der Waals surface area (Å²) < 4.78 is 20.9. The Morgan fingerprint density at radius 2 is 2.02 bits per heavy atom. The van der Waals surface area contributed by atoms with Gasteiger partial charge in [-0.3, -0.25) is 4.90 Å². The fourth-order valence-corrected chi connectivity index (χ4v) is 8.92. The van der Waals surface area contributed by atoms with Gasteiger partial charge in [0.2, 0.25) is 0 Å². The molecule has 0 amide bonds. The molecule has 0 radical (unpaired) electrons. The van der Waals surface area contributed by atoms with Crippen molar-refractivity contribution in [1.82, 2.24) is 20.2 Å². The quantitative estimate of drug-likeness (QED) is 0.445. The van der Waals surface area contributed by atoms with E-state index in [0.717, 1.165) is 69.4 Å². The minimum atomic E-state index is -0.795. The number of hydrogen-bond acceptors (Lipinski definition) is 7. The van der Waals surface area contributed by atoms with Gasteiger partial charge < -0.3 is 20.1 Å². The lowest BCUT2D eigenvalue weighted by molar-refractivity contribution is 0.0773. The normalized spacial score (nSPS) is 32.4. The van der Waals surface area contributed by atoms with Crippen molar-refractivity contribution < 1.29 is 14.2 Å². The molecule has 0 aliphatic carbocycles. The average molecular weight is 572 g/mol. The molecule has 8 rings (SSSR count). The van der Waals surface area contributed by atoms with Crippen LogP contribution in [0.25, 0.3) is 10.8 Å². The number of rotatable bonds is 6. The van der Waals surface area contributed by atoms with Gasteiger partial charge in [-0.15, -0.1) is 0 Å². The largest absolute Gasteiger partial charge is 0.461 e. The Labute approximate surface area is 247 Å². The molecule has 6 heterocycles. The zero-order valence-electron chi connectivity index (χ0n) is 24.6. The van der Waals surface area contributed by atoms with Crippen LogP contribution in [0.1, 0.15) is 73.9 Å². The van der Waals surface area contributed by atoms with Crippen LogP contribution in [0.5, 0.6) is 6.01 Å². The first-order valence-corrected chi connectivity index (χ1v) is 16.1. The Morgan fingerprint density at radius 3 is 2.90 bits per heavy atom. The van der Waals surface area contributed by atoms with Crippen molar-refractivity contribution in [3.8, 4) is 6.01 Å². The second-order valence-corrected chi connectivity index (χ2v) is 13.4. The Hall–Kier alpha value is -2.81. The summed E-state index contributed by atoms with van der Waals surface area (Å²) in [6.45, 7) is 5.63. The molecule has 222 valence electrons.